The van der Waals surface area contributed by atoms with E-state index in [1.165, 1.54) is 29.8 Å². The largest absolute Gasteiger partial charge is 0.347 e. The van der Waals surface area contributed by atoms with Crippen LogP contribution in [0.3, 0.4) is 0 Å². The van der Waals surface area contributed by atoms with Crippen molar-refractivity contribution in [3.8, 4) is 6.07 Å². The molecule has 1 aromatic heterocycles. The molecular formula is C11H14N2. The smallest absolute Gasteiger partial charge is 0.101 e. The Balaban J connectivity index is 2.66. The first kappa shape index (κ1) is 8.37. The topological polar surface area (TPSA) is 28.7 Å². The Kier molecular flexibility index (Phi) is 1.88. The van der Waals surface area contributed by atoms with Gasteiger partial charge in [0.05, 0.1) is 5.56 Å². The zero-order valence-electron chi connectivity index (χ0n) is 8.22. The van der Waals surface area contributed by atoms with Crippen LogP contribution in [-0.2, 0) is 13.0 Å². The molecule has 68 valence electrons. The number of aromatic nitrogens is 1. The van der Waals surface area contributed by atoms with Crippen molar-refractivity contribution in [1.82, 2.24) is 4.57 Å². The highest BCUT2D eigenvalue weighted by molar-refractivity contribution is 5.46. The summed E-state index contributed by atoms with van der Waals surface area (Å²) in [7, 11) is 0. The van der Waals surface area contributed by atoms with E-state index in [9.17, 15) is 0 Å². The van der Waals surface area contributed by atoms with E-state index in [2.05, 4.69) is 24.5 Å². The molecule has 13 heavy (non-hydrogen) atoms. The van der Waals surface area contributed by atoms with Gasteiger partial charge in [-0.3, -0.25) is 0 Å². The average Bonchev–Trinajstić information content (AvgIpc) is 2.41. The molecule has 2 heterocycles. The minimum atomic E-state index is 0.928. The molecule has 0 saturated carbocycles. The van der Waals surface area contributed by atoms with Crippen molar-refractivity contribution in [2.24, 2.45) is 0 Å². The maximum Gasteiger partial charge on any atom is 0.101 e. The van der Waals surface area contributed by atoms with Gasteiger partial charge in [-0.1, -0.05) is 0 Å². The molecule has 0 N–H and O–H groups in total. The summed E-state index contributed by atoms with van der Waals surface area (Å²) in [5.41, 5.74) is 4.66. The highest BCUT2D eigenvalue weighted by Crippen LogP contribution is 2.26. The molecule has 2 nitrogen and oxygen atoms in total. The van der Waals surface area contributed by atoms with Crippen molar-refractivity contribution in [2.75, 3.05) is 0 Å². The van der Waals surface area contributed by atoms with E-state index >= 15 is 0 Å². The standard InChI is InChI=1S/C11H14N2/c1-8-9(2)13-6-4-3-5-11(13)10(8)7-12/h3-6H2,1-2H3. The lowest BCUT2D eigenvalue weighted by molar-refractivity contribution is 0.523. The second-order valence-electron chi connectivity index (χ2n) is 3.75. The minimum Gasteiger partial charge on any atom is -0.347 e. The van der Waals surface area contributed by atoms with Crippen molar-refractivity contribution in [3.05, 3.63) is 22.5 Å². The Morgan fingerprint density at radius 1 is 1.31 bits per heavy atom. The maximum atomic E-state index is 9.02. The zero-order valence-corrected chi connectivity index (χ0v) is 8.22. The molecule has 1 aromatic rings. The molecular weight excluding hydrogens is 160 g/mol. The van der Waals surface area contributed by atoms with E-state index in [1.54, 1.807) is 0 Å². The Hall–Kier alpha value is -1.23. The predicted molar refractivity (Wildman–Crippen MR) is 51.6 cm³/mol. The molecule has 0 atom stereocenters. The highest BCUT2D eigenvalue weighted by Gasteiger charge is 2.19. The van der Waals surface area contributed by atoms with Crippen LogP contribution in [-0.4, -0.2) is 4.57 Å². The second-order valence-corrected chi connectivity index (χ2v) is 3.75. The van der Waals surface area contributed by atoms with Gasteiger partial charge in [-0.15, -0.1) is 0 Å². The first-order chi connectivity index (χ1) is 6.25. The lowest BCUT2D eigenvalue weighted by atomic mass is 10.1. The number of hydrogen-bond acceptors (Lipinski definition) is 1. The summed E-state index contributed by atoms with van der Waals surface area (Å²) in [5, 5.41) is 9.02. The van der Waals surface area contributed by atoms with Crippen LogP contribution in [0.5, 0.6) is 0 Å². The number of rotatable bonds is 0. The van der Waals surface area contributed by atoms with Gasteiger partial charge < -0.3 is 4.57 Å². The summed E-state index contributed by atoms with van der Waals surface area (Å²) in [6, 6.07) is 2.32. The van der Waals surface area contributed by atoms with Crippen LogP contribution in [0.25, 0.3) is 0 Å². The third-order valence-electron chi connectivity index (χ3n) is 3.09. The average molecular weight is 174 g/mol. The summed E-state index contributed by atoms with van der Waals surface area (Å²) in [6.07, 6.45) is 3.57. The summed E-state index contributed by atoms with van der Waals surface area (Å²) < 4.78 is 2.32. The Morgan fingerprint density at radius 2 is 2.08 bits per heavy atom. The summed E-state index contributed by atoms with van der Waals surface area (Å²) in [4.78, 5) is 0. The zero-order chi connectivity index (χ0) is 9.42. The Labute approximate surface area is 78.8 Å². The molecule has 1 aliphatic rings. The van der Waals surface area contributed by atoms with Gasteiger partial charge in [0, 0.05) is 17.9 Å². The van der Waals surface area contributed by atoms with Crippen molar-refractivity contribution >= 4 is 0 Å². The van der Waals surface area contributed by atoms with E-state index in [4.69, 9.17) is 5.26 Å². The van der Waals surface area contributed by atoms with Crippen molar-refractivity contribution in [1.29, 1.82) is 5.26 Å². The van der Waals surface area contributed by atoms with Gasteiger partial charge >= 0.3 is 0 Å². The quantitative estimate of drug-likeness (QED) is 0.593. The van der Waals surface area contributed by atoms with Crippen molar-refractivity contribution in [3.63, 3.8) is 0 Å². The van der Waals surface area contributed by atoms with Crippen LogP contribution in [0.4, 0.5) is 0 Å². The number of hydrogen-bond donors (Lipinski definition) is 0. The van der Waals surface area contributed by atoms with Crippen LogP contribution < -0.4 is 0 Å². The SMILES string of the molecule is Cc1c(C#N)c2n(c1C)CCCC2. The molecule has 0 unspecified atom stereocenters. The third kappa shape index (κ3) is 1.07. The van der Waals surface area contributed by atoms with E-state index < -0.39 is 0 Å². The van der Waals surface area contributed by atoms with Crippen LogP contribution >= 0.6 is 0 Å². The van der Waals surface area contributed by atoms with E-state index in [0.29, 0.717) is 0 Å². The maximum absolute atomic E-state index is 9.02. The number of nitriles is 1. The fourth-order valence-electron chi connectivity index (χ4n) is 2.21. The first-order valence-electron chi connectivity index (χ1n) is 4.84. The van der Waals surface area contributed by atoms with E-state index in [-0.39, 0.29) is 0 Å². The van der Waals surface area contributed by atoms with Gasteiger partial charge in [0.2, 0.25) is 0 Å². The molecule has 0 aromatic carbocycles. The molecule has 2 heteroatoms. The summed E-state index contributed by atoms with van der Waals surface area (Å²) >= 11 is 0. The van der Waals surface area contributed by atoms with Gasteiger partial charge in [0.25, 0.3) is 0 Å². The molecule has 0 amide bonds. The van der Waals surface area contributed by atoms with Gasteiger partial charge in [0.1, 0.15) is 6.07 Å². The molecule has 0 radical (unpaired) electrons. The lowest BCUT2D eigenvalue weighted by Crippen LogP contribution is -2.11. The first-order valence-corrected chi connectivity index (χ1v) is 4.84. The number of nitrogens with zero attached hydrogens (tertiary/aromatic N) is 2. The molecule has 0 fully saturated rings. The fourth-order valence-corrected chi connectivity index (χ4v) is 2.21. The van der Waals surface area contributed by atoms with Gasteiger partial charge in [-0.05, 0) is 38.7 Å². The van der Waals surface area contributed by atoms with Gasteiger partial charge in [0.15, 0.2) is 0 Å². The van der Waals surface area contributed by atoms with Crippen molar-refractivity contribution < 1.29 is 0 Å². The second kappa shape index (κ2) is 2.92. The molecule has 0 aliphatic carbocycles. The monoisotopic (exact) mass is 174 g/mol. The lowest BCUT2D eigenvalue weighted by Gasteiger charge is -2.16. The van der Waals surface area contributed by atoms with Gasteiger partial charge in [-0.25, -0.2) is 0 Å². The Bertz CT molecular complexity index is 380. The molecule has 0 spiro atoms. The molecule has 0 bridgehead atoms. The van der Waals surface area contributed by atoms with Gasteiger partial charge in [-0.2, -0.15) is 5.26 Å². The summed E-state index contributed by atoms with van der Waals surface area (Å²) in [6.45, 7) is 5.27. The molecule has 0 saturated heterocycles. The van der Waals surface area contributed by atoms with E-state index in [1.807, 2.05) is 0 Å². The van der Waals surface area contributed by atoms with Crippen LogP contribution in [0, 0.1) is 25.2 Å². The highest BCUT2D eigenvalue weighted by atomic mass is 15.0. The van der Waals surface area contributed by atoms with Crippen LogP contribution in [0.1, 0.15) is 35.4 Å². The molecule has 2 rings (SSSR count). The van der Waals surface area contributed by atoms with Crippen molar-refractivity contribution in [2.45, 2.75) is 39.7 Å². The minimum absolute atomic E-state index is 0.928. The summed E-state index contributed by atoms with van der Waals surface area (Å²) in [5.74, 6) is 0. The fraction of sp³-hybridized carbons (Fsp3) is 0.545. The predicted octanol–water partition coefficient (Wildman–Crippen LogP) is 2.31. The Morgan fingerprint density at radius 3 is 2.77 bits per heavy atom. The molecule has 1 aliphatic heterocycles. The third-order valence-corrected chi connectivity index (χ3v) is 3.09. The normalized spacial score (nSPS) is 15.2. The van der Waals surface area contributed by atoms with Crippen LogP contribution in [0.2, 0.25) is 0 Å². The van der Waals surface area contributed by atoms with E-state index in [0.717, 1.165) is 18.5 Å². The van der Waals surface area contributed by atoms with Crippen LogP contribution in [0.15, 0.2) is 0 Å². The number of fused-ring (bicyclic) bond motifs is 1.